The third-order valence-electron chi connectivity index (χ3n) is 1.65. The Kier molecular flexibility index (Phi) is 8.51. The molecule has 84 valence electrons. The van der Waals surface area contributed by atoms with Crippen molar-refractivity contribution in [1.29, 1.82) is 0 Å². The second-order valence-electron chi connectivity index (χ2n) is 2.86. The molecule has 0 aromatic heterocycles. The summed E-state index contributed by atoms with van der Waals surface area (Å²) in [4.78, 5) is 10.7. The monoisotopic (exact) mass is 205 g/mol. The predicted molar refractivity (Wildman–Crippen MR) is 51.7 cm³/mol. The molecule has 0 rings (SSSR count). The van der Waals surface area contributed by atoms with Crippen LogP contribution < -0.4 is 5.73 Å². The quantitative estimate of drug-likeness (QED) is 0.350. The number of hydrogen-bond donors (Lipinski definition) is 1. The Morgan fingerprint density at radius 2 is 2.14 bits per heavy atom. The van der Waals surface area contributed by atoms with Gasteiger partial charge in [-0.15, -0.1) is 0 Å². The van der Waals surface area contributed by atoms with E-state index in [0.717, 1.165) is 0 Å². The second-order valence-corrected chi connectivity index (χ2v) is 2.86. The summed E-state index contributed by atoms with van der Waals surface area (Å²) in [5.41, 5.74) is 5.67. The fraction of sp³-hybridized carbons (Fsp3) is 0.889. The van der Waals surface area contributed by atoms with Crippen molar-refractivity contribution < 1.29 is 19.0 Å². The van der Waals surface area contributed by atoms with Crippen LogP contribution in [0.5, 0.6) is 0 Å². The van der Waals surface area contributed by atoms with E-state index >= 15 is 0 Å². The standard InChI is InChI=1S/C9H19NO4/c1-3-13-7-14-6-8(10)4-5-9(11)12-2/h8H,3-7,10H2,1-2H3/t8-/m0/s1. The molecule has 1 atom stereocenters. The Morgan fingerprint density at radius 1 is 1.43 bits per heavy atom. The molecule has 0 amide bonds. The highest BCUT2D eigenvalue weighted by Gasteiger charge is 2.06. The summed E-state index contributed by atoms with van der Waals surface area (Å²) in [5.74, 6) is -0.245. The Bertz CT molecular complexity index is 152. The van der Waals surface area contributed by atoms with E-state index in [1.54, 1.807) is 0 Å². The summed E-state index contributed by atoms with van der Waals surface area (Å²) in [6, 6.07) is -0.144. The lowest BCUT2D eigenvalue weighted by Gasteiger charge is -2.10. The Balaban J connectivity index is 3.27. The van der Waals surface area contributed by atoms with Gasteiger partial charge in [0.1, 0.15) is 6.79 Å². The fourth-order valence-corrected chi connectivity index (χ4v) is 0.830. The van der Waals surface area contributed by atoms with Gasteiger partial charge in [-0.3, -0.25) is 4.79 Å². The van der Waals surface area contributed by atoms with E-state index in [1.165, 1.54) is 7.11 Å². The van der Waals surface area contributed by atoms with Crippen molar-refractivity contribution in [3.8, 4) is 0 Å². The van der Waals surface area contributed by atoms with Gasteiger partial charge in [-0.25, -0.2) is 0 Å². The Morgan fingerprint density at radius 3 is 2.71 bits per heavy atom. The highest BCUT2D eigenvalue weighted by atomic mass is 16.7. The maximum atomic E-state index is 10.7. The summed E-state index contributed by atoms with van der Waals surface area (Å²) >= 11 is 0. The van der Waals surface area contributed by atoms with Crippen LogP contribution in [-0.2, 0) is 19.0 Å². The smallest absolute Gasteiger partial charge is 0.305 e. The Labute approximate surface area is 84.5 Å². The molecule has 0 aromatic carbocycles. The summed E-state index contributed by atoms with van der Waals surface area (Å²) in [6.45, 7) is 3.16. The minimum atomic E-state index is -0.245. The normalized spacial score (nSPS) is 12.5. The van der Waals surface area contributed by atoms with Crippen LogP contribution in [0.2, 0.25) is 0 Å². The molecule has 0 aliphatic heterocycles. The molecule has 2 N–H and O–H groups in total. The molecule has 0 aliphatic carbocycles. The zero-order valence-corrected chi connectivity index (χ0v) is 8.82. The van der Waals surface area contributed by atoms with Crippen LogP contribution in [0, 0.1) is 0 Å². The molecule has 0 bridgehead atoms. The first-order valence-corrected chi connectivity index (χ1v) is 4.68. The average Bonchev–Trinajstić information content (AvgIpc) is 2.21. The minimum Gasteiger partial charge on any atom is -0.469 e. The van der Waals surface area contributed by atoms with Crippen LogP contribution in [0.1, 0.15) is 19.8 Å². The number of ether oxygens (including phenoxy) is 3. The van der Waals surface area contributed by atoms with E-state index in [1.807, 2.05) is 6.92 Å². The Hall–Kier alpha value is -0.650. The fourth-order valence-electron chi connectivity index (χ4n) is 0.830. The highest BCUT2D eigenvalue weighted by molar-refractivity contribution is 5.69. The van der Waals surface area contributed by atoms with Crippen LogP contribution in [0.25, 0.3) is 0 Å². The van der Waals surface area contributed by atoms with Gasteiger partial charge in [-0.2, -0.15) is 0 Å². The largest absolute Gasteiger partial charge is 0.469 e. The molecule has 0 aromatic rings. The van der Waals surface area contributed by atoms with Gasteiger partial charge in [-0.1, -0.05) is 0 Å². The molecule has 0 unspecified atom stereocenters. The zero-order chi connectivity index (χ0) is 10.8. The molecule has 0 radical (unpaired) electrons. The van der Waals surface area contributed by atoms with E-state index in [2.05, 4.69) is 4.74 Å². The molecule has 5 nitrogen and oxygen atoms in total. The maximum absolute atomic E-state index is 10.7. The van der Waals surface area contributed by atoms with Crippen molar-refractivity contribution in [2.45, 2.75) is 25.8 Å². The van der Waals surface area contributed by atoms with E-state index in [-0.39, 0.29) is 18.8 Å². The van der Waals surface area contributed by atoms with Crippen LogP contribution in [-0.4, -0.2) is 39.1 Å². The summed E-state index contributed by atoms with van der Waals surface area (Å²) in [7, 11) is 1.36. The number of hydrogen-bond acceptors (Lipinski definition) is 5. The summed E-state index contributed by atoms with van der Waals surface area (Å²) in [5, 5.41) is 0. The van der Waals surface area contributed by atoms with E-state index in [9.17, 15) is 4.79 Å². The first-order chi connectivity index (χ1) is 6.70. The predicted octanol–water partition coefficient (Wildman–Crippen LogP) is 0.277. The number of rotatable bonds is 8. The van der Waals surface area contributed by atoms with Crippen molar-refractivity contribution in [1.82, 2.24) is 0 Å². The van der Waals surface area contributed by atoms with Gasteiger partial charge in [0.25, 0.3) is 0 Å². The lowest BCUT2D eigenvalue weighted by molar-refractivity contribution is -0.140. The van der Waals surface area contributed by atoms with Gasteiger partial charge in [-0.05, 0) is 13.3 Å². The average molecular weight is 205 g/mol. The van der Waals surface area contributed by atoms with Gasteiger partial charge in [0.05, 0.1) is 13.7 Å². The van der Waals surface area contributed by atoms with Gasteiger partial charge in [0.15, 0.2) is 0 Å². The zero-order valence-electron chi connectivity index (χ0n) is 8.82. The first-order valence-electron chi connectivity index (χ1n) is 4.68. The maximum Gasteiger partial charge on any atom is 0.305 e. The summed E-state index contributed by atoms with van der Waals surface area (Å²) < 4.78 is 14.5. The lowest BCUT2D eigenvalue weighted by Crippen LogP contribution is -2.27. The highest BCUT2D eigenvalue weighted by Crippen LogP contribution is 1.97. The molecule has 5 heteroatoms. The molecule has 0 spiro atoms. The van der Waals surface area contributed by atoms with Crippen molar-refractivity contribution in [2.75, 3.05) is 27.1 Å². The molecule has 0 aliphatic rings. The molecular formula is C9H19NO4. The lowest BCUT2D eigenvalue weighted by atomic mass is 10.2. The SMILES string of the molecule is CCOCOC[C@@H](N)CCC(=O)OC. The van der Waals surface area contributed by atoms with Gasteiger partial charge < -0.3 is 19.9 Å². The molecule has 14 heavy (non-hydrogen) atoms. The van der Waals surface area contributed by atoms with Crippen LogP contribution in [0.3, 0.4) is 0 Å². The number of methoxy groups -OCH3 is 1. The van der Waals surface area contributed by atoms with E-state index in [4.69, 9.17) is 15.2 Å². The van der Waals surface area contributed by atoms with Crippen molar-refractivity contribution in [2.24, 2.45) is 5.73 Å². The number of carbonyl (C=O) groups is 1. The van der Waals surface area contributed by atoms with Crippen molar-refractivity contribution in [3.05, 3.63) is 0 Å². The molecule has 0 saturated heterocycles. The van der Waals surface area contributed by atoms with Crippen LogP contribution >= 0.6 is 0 Å². The van der Waals surface area contributed by atoms with Crippen molar-refractivity contribution >= 4 is 5.97 Å². The first kappa shape index (κ1) is 13.4. The van der Waals surface area contributed by atoms with Crippen molar-refractivity contribution in [3.63, 3.8) is 0 Å². The second kappa shape index (κ2) is 8.93. The van der Waals surface area contributed by atoms with E-state index < -0.39 is 0 Å². The van der Waals surface area contributed by atoms with E-state index in [0.29, 0.717) is 26.1 Å². The summed E-state index contributed by atoms with van der Waals surface area (Å²) in [6.07, 6.45) is 0.897. The number of carbonyl (C=O) groups excluding carboxylic acids is 1. The van der Waals surface area contributed by atoms with Gasteiger partial charge in [0, 0.05) is 19.1 Å². The minimum absolute atomic E-state index is 0.144. The third kappa shape index (κ3) is 7.97. The number of esters is 1. The van der Waals surface area contributed by atoms with Crippen LogP contribution in [0.15, 0.2) is 0 Å². The van der Waals surface area contributed by atoms with Gasteiger partial charge >= 0.3 is 5.97 Å². The number of nitrogens with two attached hydrogens (primary N) is 1. The molecular weight excluding hydrogens is 186 g/mol. The molecule has 0 fully saturated rings. The third-order valence-corrected chi connectivity index (χ3v) is 1.65. The van der Waals surface area contributed by atoms with Crippen LogP contribution in [0.4, 0.5) is 0 Å². The molecule has 0 saturated carbocycles. The topological polar surface area (TPSA) is 70.8 Å². The molecule has 0 heterocycles. The van der Waals surface area contributed by atoms with Gasteiger partial charge in [0.2, 0.25) is 0 Å².